The summed E-state index contributed by atoms with van der Waals surface area (Å²) in [5.74, 6) is -0.521. The van der Waals surface area contributed by atoms with E-state index in [1.807, 2.05) is 19.1 Å². The predicted octanol–water partition coefficient (Wildman–Crippen LogP) is 3.39. The van der Waals surface area contributed by atoms with Crippen molar-refractivity contribution in [2.24, 2.45) is 0 Å². The highest BCUT2D eigenvalue weighted by Crippen LogP contribution is 2.24. The molecule has 1 saturated heterocycles. The van der Waals surface area contributed by atoms with Gasteiger partial charge in [-0.3, -0.25) is 4.79 Å². The Labute approximate surface area is 193 Å². The summed E-state index contributed by atoms with van der Waals surface area (Å²) in [5.41, 5.74) is 3.99. The Hall–Kier alpha value is -3.04. The molecule has 9 heteroatoms. The summed E-state index contributed by atoms with van der Waals surface area (Å²) in [5, 5.41) is 4.48. The third-order valence-corrected chi connectivity index (χ3v) is 8.10. The van der Waals surface area contributed by atoms with Crippen molar-refractivity contribution < 1.29 is 17.6 Å². The van der Waals surface area contributed by atoms with Gasteiger partial charge in [-0.05, 0) is 69.2 Å². The standard InChI is InChI=1S/C24H27FN4O3S/c1-16-5-6-17(2)22(15-16)33(31,32)28-13-11-27(12-14-28)24(30)23-18(3)26-29(19(23)4)21-9-7-20(25)8-10-21/h5-10,15H,11-14H2,1-4H3. The second kappa shape index (κ2) is 8.72. The molecule has 0 spiro atoms. The maximum atomic E-state index is 13.3. The second-order valence-electron chi connectivity index (χ2n) is 8.40. The summed E-state index contributed by atoms with van der Waals surface area (Å²) in [4.78, 5) is 15.3. The van der Waals surface area contributed by atoms with Crippen LogP contribution in [0.5, 0.6) is 0 Å². The van der Waals surface area contributed by atoms with E-state index in [1.165, 1.54) is 16.4 Å². The molecule has 1 amide bonds. The minimum atomic E-state index is -3.63. The lowest BCUT2D eigenvalue weighted by atomic mass is 10.1. The molecule has 2 aromatic carbocycles. The van der Waals surface area contributed by atoms with Gasteiger partial charge in [0.25, 0.3) is 5.91 Å². The van der Waals surface area contributed by atoms with Crippen LogP contribution in [0, 0.1) is 33.5 Å². The van der Waals surface area contributed by atoms with Crippen LogP contribution in [0.25, 0.3) is 5.69 Å². The van der Waals surface area contributed by atoms with Crippen molar-refractivity contribution in [3.63, 3.8) is 0 Å². The van der Waals surface area contributed by atoms with Gasteiger partial charge in [0, 0.05) is 26.2 Å². The molecule has 0 atom stereocenters. The number of benzene rings is 2. The Morgan fingerprint density at radius 3 is 2.21 bits per heavy atom. The normalized spacial score (nSPS) is 15.1. The van der Waals surface area contributed by atoms with Gasteiger partial charge in [-0.1, -0.05) is 12.1 Å². The van der Waals surface area contributed by atoms with Gasteiger partial charge < -0.3 is 4.90 Å². The van der Waals surface area contributed by atoms with Gasteiger partial charge in [0.05, 0.1) is 27.5 Å². The molecule has 33 heavy (non-hydrogen) atoms. The lowest BCUT2D eigenvalue weighted by Gasteiger charge is -2.34. The number of carbonyl (C=O) groups excluding carboxylic acids is 1. The highest BCUT2D eigenvalue weighted by Gasteiger charge is 2.33. The lowest BCUT2D eigenvalue weighted by Crippen LogP contribution is -2.50. The Bertz CT molecular complexity index is 1310. The Kier molecular flexibility index (Phi) is 6.11. The fourth-order valence-corrected chi connectivity index (χ4v) is 5.93. The first-order chi connectivity index (χ1) is 15.6. The van der Waals surface area contributed by atoms with Gasteiger partial charge in [0.1, 0.15) is 5.82 Å². The molecule has 0 aliphatic carbocycles. The van der Waals surface area contributed by atoms with E-state index in [1.54, 1.807) is 48.6 Å². The van der Waals surface area contributed by atoms with E-state index in [-0.39, 0.29) is 24.8 Å². The average Bonchev–Trinajstić information content (AvgIpc) is 3.09. The van der Waals surface area contributed by atoms with Crippen LogP contribution in [0.2, 0.25) is 0 Å². The van der Waals surface area contributed by atoms with Crippen LogP contribution in [0.15, 0.2) is 47.4 Å². The molecule has 2 heterocycles. The summed E-state index contributed by atoms with van der Waals surface area (Å²) >= 11 is 0. The average molecular weight is 471 g/mol. The van der Waals surface area contributed by atoms with Crippen LogP contribution in [-0.2, 0) is 10.0 Å². The molecule has 1 aliphatic heterocycles. The third-order valence-electron chi connectivity index (χ3n) is 6.06. The molecule has 0 radical (unpaired) electrons. The molecular formula is C24H27FN4O3S. The van der Waals surface area contributed by atoms with E-state index in [2.05, 4.69) is 5.10 Å². The SMILES string of the molecule is Cc1ccc(C)c(S(=O)(=O)N2CCN(C(=O)c3c(C)nn(-c4ccc(F)cc4)c3C)CC2)c1. The van der Waals surface area contributed by atoms with Crippen molar-refractivity contribution >= 4 is 15.9 Å². The molecule has 3 aromatic rings. The van der Waals surface area contributed by atoms with Crippen molar-refractivity contribution in [2.75, 3.05) is 26.2 Å². The van der Waals surface area contributed by atoms with E-state index in [9.17, 15) is 17.6 Å². The molecule has 1 aromatic heterocycles. The monoisotopic (exact) mass is 470 g/mol. The number of nitrogens with zero attached hydrogens (tertiary/aromatic N) is 4. The van der Waals surface area contributed by atoms with Crippen LogP contribution in [0.3, 0.4) is 0 Å². The van der Waals surface area contributed by atoms with Gasteiger partial charge in [0.15, 0.2) is 0 Å². The quantitative estimate of drug-likeness (QED) is 0.586. The first-order valence-electron chi connectivity index (χ1n) is 10.8. The van der Waals surface area contributed by atoms with E-state index >= 15 is 0 Å². The Morgan fingerprint density at radius 2 is 1.58 bits per heavy atom. The largest absolute Gasteiger partial charge is 0.336 e. The molecule has 1 fully saturated rings. The van der Waals surface area contributed by atoms with E-state index in [0.29, 0.717) is 46.2 Å². The van der Waals surface area contributed by atoms with Crippen molar-refractivity contribution in [2.45, 2.75) is 32.6 Å². The number of aryl methyl sites for hydroxylation is 3. The predicted molar refractivity (Wildman–Crippen MR) is 124 cm³/mol. The third kappa shape index (κ3) is 4.30. The van der Waals surface area contributed by atoms with Crippen molar-refractivity contribution in [3.05, 3.63) is 76.4 Å². The highest BCUT2D eigenvalue weighted by atomic mass is 32.2. The zero-order valence-corrected chi connectivity index (χ0v) is 20.0. The molecule has 0 saturated carbocycles. The summed E-state index contributed by atoms with van der Waals surface area (Å²) < 4.78 is 42.7. The van der Waals surface area contributed by atoms with E-state index in [0.717, 1.165) is 5.56 Å². The van der Waals surface area contributed by atoms with Crippen molar-refractivity contribution in [3.8, 4) is 5.69 Å². The van der Waals surface area contributed by atoms with Crippen LogP contribution in [0.1, 0.15) is 32.9 Å². The molecule has 1 aliphatic rings. The number of rotatable bonds is 4. The summed E-state index contributed by atoms with van der Waals surface area (Å²) in [6, 6.07) is 11.3. The molecule has 0 bridgehead atoms. The number of amides is 1. The van der Waals surface area contributed by atoms with Crippen molar-refractivity contribution in [1.29, 1.82) is 0 Å². The minimum absolute atomic E-state index is 0.179. The summed E-state index contributed by atoms with van der Waals surface area (Å²) in [6.45, 7) is 8.27. The van der Waals surface area contributed by atoms with Crippen LogP contribution >= 0.6 is 0 Å². The smallest absolute Gasteiger partial charge is 0.257 e. The Morgan fingerprint density at radius 1 is 0.939 bits per heavy atom. The number of carbonyl (C=O) groups is 1. The molecule has 174 valence electrons. The molecule has 7 nitrogen and oxygen atoms in total. The molecule has 4 rings (SSSR count). The van der Waals surface area contributed by atoms with Crippen LogP contribution in [0.4, 0.5) is 4.39 Å². The molecule has 0 N–H and O–H groups in total. The summed E-state index contributed by atoms with van der Waals surface area (Å²) in [6.07, 6.45) is 0. The maximum Gasteiger partial charge on any atom is 0.257 e. The van der Waals surface area contributed by atoms with Gasteiger partial charge in [-0.2, -0.15) is 9.40 Å². The van der Waals surface area contributed by atoms with Gasteiger partial charge in [-0.25, -0.2) is 17.5 Å². The van der Waals surface area contributed by atoms with Crippen LogP contribution in [-0.4, -0.2) is 59.5 Å². The summed E-state index contributed by atoms with van der Waals surface area (Å²) in [7, 11) is -3.63. The highest BCUT2D eigenvalue weighted by molar-refractivity contribution is 7.89. The van der Waals surface area contributed by atoms with Gasteiger partial charge >= 0.3 is 0 Å². The zero-order valence-electron chi connectivity index (χ0n) is 19.2. The first kappa shape index (κ1) is 23.1. The zero-order chi connectivity index (χ0) is 23.9. The Balaban J connectivity index is 1.52. The maximum absolute atomic E-state index is 13.3. The van der Waals surface area contributed by atoms with Gasteiger partial charge in [-0.15, -0.1) is 0 Å². The van der Waals surface area contributed by atoms with Gasteiger partial charge in [0.2, 0.25) is 10.0 Å². The lowest BCUT2D eigenvalue weighted by molar-refractivity contribution is 0.0696. The number of hydrogen-bond donors (Lipinski definition) is 0. The van der Waals surface area contributed by atoms with E-state index < -0.39 is 10.0 Å². The minimum Gasteiger partial charge on any atom is -0.336 e. The topological polar surface area (TPSA) is 75.5 Å². The second-order valence-corrected chi connectivity index (χ2v) is 10.3. The molecule has 0 unspecified atom stereocenters. The number of hydrogen-bond acceptors (Lipinski definition) is 4. The first-order valence-corrected chi connectivity index (χ1v) is 12.2. The fourth-order valence-electron chi connectivity index (χ4n) is 4.20. The van der Waals surface area contributed by atoms with Crippen LogP contribution < -0.4 is 0 Å². The van der Waals surface area contributed by atoms with E-state index in [4.69, 9.17) is 0 Å². The number of sulfonamides is 1. The fraction of sp³-hybridized carbons (Fsp3) is 0.333. The van der Waals surface area contributed by atoms with Crippen molar-refractivity contribution in [1.82, 2.24) is 19.0 Å². The number of halogens is 1. The number of piperazine rings is 1. The molecular weight excluding hydrogens is 443 g/mol. The number of aromatic nitrogens is 2.